The Bertz CT molecular complexity index is 950. The Morgan fingerprint density at radius 2 is 2.00 bits per heavy atom. The standard InChI is InChI=1S/C21H22N2O4/c1-14-2-3-18-16(13-27-19(18)10-14)11-20(24)22-17-4-7-23(8-5-17)21(25)15-6-9-26-12-15/h2-3,6,9-10,12-13,17H,4-5,7-8,11H2,1H3,(H,22,24). The average Bonchev–Trinajstić information content (AvgIpc) is 3.32. The number of nitrogens with zero attached hydrogens (tertiary/aromatic N) is 1. The number of carbonyl (C=O) groups excluding carboxylic acids is 2. The predicted octanol–water partition coefficient (Wildman–Crippen LogP) is 3.30. The zero-order valence-electron chi connectivity index (χ0n) is 15.2. The predicted molar refractivity (Wildman–Crippen MR) is 100 cm³/mol. The third-order valence-corrected chi connectivity index (χ3v) is 5.08. The van der Waals surface area contributed by atoms with Crippen molar-refractivity contribution in [3.8, 4) is 0 Å². The van der Waals surface area contributed by atoms with Crippen molar-refractivity contribution in [2.24, 2.45) is 0 Å². The topological polar surface area (TPSA) is 75.7 Å². The molecular weight excluding hydrogens is 344 g/mol. The van der Waals surface area contributed by atoms with Crippen molar-refractivity contribution >= 4 is 22.8 Å². The van der Waals surface area contributed by atoms with E-state index in [0.717, 1.165) is 34.9 Å². The second-order valence-corrected chi connectivity index (χ2v) is 7.08. The Morgan fingerprint density at radius 1 is 1.19 bits per heavy atom. The fourth-order valence-electron chi connectivity index (χ4n) is 3.57. The molecule has 1 aliphatic rings. The fraction of sp³-hybridized carbons (Fsp3) is 0.333. The zero-order chi connectivity index (χ0) is 18.8. The molecule has 1 fully saturated rings. The molecule has 3 heterocycles. The molecule has 0 bridgehead atoms. The van der Waals surface area contributed by atoms with Gasteiger partial charge in [0.2, 0.25) is 5.91 Å². The van der Waals surface area contributed by atoms with E-state index in [4.69, 9.17) is 8.83 Å². The SMILES string of the molecule is Cc1ccc2c(CC(=O)NC3CCN(C(=O)c4ccoc4)CC3)coc2c1. The quantitative estimate of drug-likeness (QED) is 0.769. The summed E-state index contributed by atoms with van der Waals surface area (Å²) in [4.78, 5) is 26.6. The van der Waals surface area contributed by atoms with Crippen LogP contribution >= 0.6 is 0 Å². The van der Waals surface area contributed by atoms with Gasteiger partial charge in [-0.05, 0) is 37.5 Å². The van der Waals surface area contributed by atoms with Gasteiger partial charge in [0.05, 0.1) is 24.5 Å². The van der Waals surface area contributed by atoms with Crippen molar-refractivity contribution in [1.29, 1.82) is 0 Å². The first-order valence-electron chi connectivity index (χ1n) is 9.18. The number of fused-ring (bicyclic) bond motifs is 1. The van der Waals surface area contributed by atoms with Crippen LogP contribution in [0.5, 0.6) is 0 Å². The number of benzene rings is 1. The lowest BCUT2D eigenvalue weighted by atomic mass is 10.0. The highest BCUT2D eigenvalue weighted by atomic mass is 16.3. The van der Waals surface area contributed by atoms with Crippen molar-refractivity contribution in [2.45, 2.75) is 32.2 Å². The highest BCUT2D eigenvalue weighted by Gasteiger charge is 2.25. The molecule has 1 N–H and O–H groups in total. The molecule has 2 amide bonds. The Kier molecular flexibility index (Phi) is 4.71. The lowest BCUT2D eigenvalue weighted by Crippen LogP contribution is -2.46. The Balaban J connectivity index is 1.31. The summed E-state index contributed by atoms with van der Waals surface area (Å²) in [5, 5.41) is 4.07. The first kappa shape index (κ1) is 17.4. The van der Waals surface area contributed by atoms with Crippen molar-refractivity contribution < 1.29 is 18.4 Å². The molecule has 2 aromatic heterocycles. The number of carbonyl (C=O) groups is 2. The number of rotatable bonds is 4. The number of furan rings is 2. The summed E-state index contributed by atoms with van der Waals surface area (Å²) in [5.74, 6) is -0.0356. The van der Waals surface area contributed by atoms with E-state index in [-0.39, 0.29) is 17.9 Å². The van der Waals surface area contributed by atoms with E-state index in [2.05, 4.69) is 5.32 Å². The van der Waals surface area contributed by atoms with Crippen LogP contribution in [0.15, 0.2) is 51.9 Å². The minimum atomic E-state index is -0.0197. The minimum Gasteiger partial charge on any atom is -0.472 e. The molecule has 27 heavy (non-hydrogen) atoms. The Hall–Kier alpha value is -3.02. The maximum Gasteiger partial charge on any atom is 0.257 e. The van der Waals surface area contributed by atoms with Crippen LogP contribution in [0.3, 0.4) is 0 Å². The summed E-state index contributed by atoms with van der Waals surface area (Å²) in [5.41, 5.74) is 3.41. The molecule has 0 spiro atoms. The normalized spacial score (nSPS) is 15.2. The van der Waals surface area contributed by atoms with Gasteiger partial charge in [-0.25, -0.2) is 0 Å². The molecule has 140 valence electrons. The largest absolute Gasteiger partial charge is 0.472 e. The van der Waals surface area contributed by atoms with Crippen molar-refractivity contribution in [3.63, 3.8) is 0 Å². The van der Waals surface area contributed by atoms with Crippen LogP contribution < -0.4 is 5.32 Å². The second kappa shape index (κ2) is 7.31. The van der Waals surface area contributed by atoms with Crippen LogP contribution in [0.2, 0.25) is 0 Å². The van der Waals surface area contributed by atoms with Crippen LogP contribution in [0.1, 0.15) is 34.3 Å². The van der Waals surface area contributed by atoms with E-state index in [9.17, 15) is 9.59 Å². The number of nitrogens with one attached hydrogen (secondary N) is 1. The van der Waals surface area contributed by atoms with Gasteiger partial charge in [0, 0.05) is 30.1 Å². The molecule has 6 heteroatoms. The second-order valence-electron chi connectivity index (χ2n) is 7.08. The summed E-state index contributed by atoms with van der Waals surface area (Å²) in [6.45, 7) is 3.27. The van der Waals surface area contributed by atoms with Gasteiger partial charge >= 0.3 is 0 Å². The van der Waals surface area contributed by atoms with Crippen LogP contribution in [0.25, 0.3) is 11.0 Å². The van der Waals surface area contributed by atoms with Gasteiger partial charge in [-0.1, -0.05) is 12.1 Å². The molecule has 0 unspecified atom stereocenters. The van der Waals surface area contributed by atoms with Crippen molar-refractivity contribution in [3.05, 3.63) is 59.7 Å². The van der Waals surface area contributed by atoms with E-state index in [1.54, 1.807) is 17.2 Å². The molecule has 1 saturated heterocycles. The van der Waals surface area contributed by atoms with Gasteiger partial charge in [-0.15, -0.1) is 0 Å². The lowest BCUT2D eigenvalue weighted by molar-refractivity contribution is -0.121. The van der Waals surface area contributed by atoms with Gasteiger partial charge in [-0.3, -0.25) is 9.59 Å². The molecule has 3 aromatic rings. The first-order chi connectivity index (χ1) is 13.1. The van der Waals surface area contributed by atoms with Gasteiger partial charge < -0.3 is 19.1 Å². The summed E-state index contributed by atoms with van der Waals surface area (Å²) in [6, 6.07) is 7.76. The molecule has 4 rings (SSSR count). The molecule has 1 aliphatic heterocycles. The van der Waals surface area contributed by atoms with E-state index < -0.39 is 0 Å². The smallest absolute Gasteiger partial charge is 0.257 e. The Morgan fingerprint density at radius 3 is 2.74 bits per heavy atom. The van der Waals surface area contributed by atoms with Crippen LogP contribution in [-0.2, 0) is 11.2 Å². The molecular formula is C21H22N2O4. The van der Waals surface area contributed by atoms with Crippen LogP contribution in [0.4, 0.5) is 0 Å². The average molecular weight is 366 g/mol. The van der Waals surface area contributed by atoms with Crippen molar-refractivity contribution in [2.75, 3.05) is 13.1 Å². The van der Waals surface area contributed by atoms with Crippen molar-refractivity contribution in [1.82, 2.24) is 10.2 Å². The van der Waals surface area contributed by atoms with E-state index in [1.807, 2.05) is 25.1 Å². The summed E-state index contributed by atoms with van der Waals surface area (Å²) in [7, 11) is 0. The molecule has 6 nitrogen and oxygen atoms in total. The van der Waals surface area contributed by atoms with Gasteiger partial charge in [0.25, 0.3) is 5.91 Å². The van der Waals surface area contributed by atoms with Crippen LogP contribution in [0, 0.1) is 6.92 Å². The number of piperidine rings is 1. The maximum absolute atomic E-state index is 12.4. The number of likely N-dealkylation sites (tertiary alicyclic amines) is 1. The van der Waals surface area contributed by atoms with Gasteiger partial charge in [-0.2, -0.15) is 0 Å². The van der Waals surface area contributed by atoms with Crippen LogP contribution in [-0.4, -0.2) is 35.8 Å². The molecule has 0 atom stereocenters. The minimum absolute atomic E-state index is 0.0158. The highest BCUT2D eigenvalue weighted by Crippen LogP contribution is 2.23. The number of hydrogen-bond donors (Lipinski definition) is 1. The van der Waals surface area contributed by atoms with Gasteiger partial charge in [0.1, 0.15) is 11.8 Å². The molecule has 0 radical (unpaired) electrons. The summed E-state index contributed by atoms with van der Waals surface area (Å²) in [6.07, 6.45) is 6.43. The Labute approximate surface area is 157 Å². The third-order valence-electron chi connectivity index (χ3n) is 5.08. The number of aryl methyl sites for hydroxylation is 1. The number of amides is 2. The summed E-state index contributed by atoms with van der Waals surface area (Å²) < 4.78 is 10.5. The van der Waals surface area contributed by atoms with E-state index in [0.29, 0.717) is 25.1 Å². The molecule has 0 aliphatic carbocycles. The number of hydrogen-bond acceptors (Lipinski definition) is 4. The maximum atomic E-state index is 12.4. The molecule has 1 aromatic carbocycles. The van der Waals surface area contributed by atoms with Gasteiger partial charge in [0.15, 0.2) is 0 Å². The zero-order valence-corrected chi connectivity index (χ0v) is 15.2. The highest BCUT2D eigenvalue weighted by molar-refractivity contribution is 5.94. The van der Waals surface area contributed by atoms with E-state index >= 15 is 0 Å². The fourth-order valence-corrected chi connectivity index (χ4v) is 3.57. The first-order valence-corrected chi connectivity index (χ1v) is 9.18. The monoisotopic (exact) mass is 366 g/mol. The summed E-state index contributed by atoms with van der Waals surface area (Å²) >= 11 is 0. The molecule has 0 saturated carbocycles. The third kappa shape index (κ3) is 3.74. The van der Waals surface area contributed by atoms with E-state index in [1.165, 1.54) is 12.5 Å². The lowest BCUT2D eigenvalue weighted by Gasteiger charge is -2.32.